The van der Waals surface area contributed by atoms with Crippen molar-refractivity contribution in [1.82, 2.24) is 5.32 Å². The van der Waals surface area contributed by atoms with E-state index in [2.05, 4.69) is 11.4 Å². The summed E-state index contributed by atoms with van der Waals surface area (Å²) in [5.41, 5.74) is 2.78. The Hall–Kier alpha value is -4.04. The first-order valence-corrected chi connectivity index (χ1v) is 13.1. The summed E-state index contributed by atoms with van der Waals surface area (Å²) in [6.45, 7) is 0.161. The van der Waals surface area contributed by atoms with E-state index >= 15 is 0 Å². The number of carbonyl (C=O) groups is 2. The number of Topliss-reactive ketones (excluding diaryl/α,β-unsaturated/α-hetero) is 1. The average molecular weight is 515 g/mol. The third kappa shape index (κ3) is 5.39. The van der Waals surface area contributed by atoms with Gasteiger partial charge < -0.3 is 10.1 Å². The van der Waals surface area contributed by atoms with E-state index < -0.39 is 10.7 Å². The van der Waals surface area contributed by atoms with E-state index in [4.69, 9.17) is 4.74 Å². The molecule has 0 saturated heterocycles. The molecule has 0 bridgehead atoms. The van der Waals surface area contributed by atoms with Crippen LogP contribution in [0, 0.1) is 10.1 Å². The van der Waals surface area contributed by atoms with Gasteiger partial charge in [0, 0.05) is 34.6 Å². The van der Waals surface area contributed by atoms with Crippen molar-refractivity contribution >= 4 is 38.8 Å². The third-order valence-corrected chi connectivity index (χ3v) is 7.95. The number of nitrogens with one attached hydrogen (secondary N) is 1. The molecule has 1 N–H and O–H groups in total. The fourth-order valence-corrected chi connectivity index (χ4v) is 6.11. The number of non-ortho nitro benzene ring substituents is 1. The van der Waals surface area contributed by atoms with Gasteiger partial charge in [0.1, 0.15) is 5.75 Å². The Morgan fingerprint density at radius 1 is 1.00 bits per heavy atom. The van der Waals surface area contributed by atoms with Crippen LogP contribution in [0.3, 0.4) is 0 Å². The van der Waals surface area contributed by atoms with Gasteiger partial charge in [0.15, 0.2) is 5.78 Å². The molecule has 0 spiro atoms. The molecule has 0 aliphatic heterocycles. The lowest BCUT2D eigenvalue weighted by Crippen LogP contribution is -2.30. The number of nitro groups is 1. The van der Waals surface area contributed by atoms with Gasteiger partial charge in [-0.1, -0.05) is 42.5 Å². The lowest BCUT2D eigenvalue weighted by Gasteiger charge is -2.12. The van der Waals surface area contributed by atoms with Crippen molar-refractivity contribution in [1.29, 1.82) is 0 Å². The highest BCUT2D eigenvalue weighted by atomic mass is 32.1. The monoisotopic (exact) mass is 514 g/mol. The number of benzene rings is 3. The maximum atomic E-state index is 12.9. The van der Waals surface area contributed by atoms with Crippen LogP contribution in [0.15, 0.2) is 66.7 Å². The molecule has 0 atom stereocenters. The van der Waals surface area contributed by atoms with Crippen molar-refractivity contribution in [3.8, 4) is 5.75 Å². The summed E-state index contributed by atoms with van der Waals surface area (Å²) in [6.07, 6.45) is 5.28. The number of fused-ring (bicyclic) bond motifs is 3. The summed E-state index contributed by atoms with van der Waals surface area (Å²) >= 11 is 1.83. The van der Waals surface area contributed by atoms with Crippen LogP contribution in [0.1, 0.15) is 49.6 Å². The van der Waals surface area contributed by atoms with Crippen molar-refractivity contribution in [3.63, 3.8) is 0 Å². The number of carbonyl (C=O) groups excluding carboxylic acids is 2. The lowest BCUT2D eigenvalue weighted by molar-refractivity contribution is -0.384. The Bertz CT molecular complexity index is 1490. The van der Waals surface area contributed by atoms with E-state index in [1.165, 1.54) is 57.6 Å². The molecule has 37 heavy (non-hydrogen) atoms. The van der Waals surface area contributed by atoms with E-state index in [1.807, 2.05) is 35.6 Å². The second-order valence-electron chi connectivity index (χ2n) is 9.01. The first kappa shape index (κ1) is 24.6. The number of amides is 1. The van der Waals surface area contributed by atoms with Crippen LogP contribution in [0.4, 0.5) is 5.69 Å². The quantitative estimate of drug-likeness (QED) is 0.170. The van der Waals surface area contributed by atoms with E-state index in [0.29, 0.717) is 18.6 Å². The first-order chi connectivity index (χ1) is 18.0. The van der Waals surface area contributed by atoms with Crippen LogP contribution in [-0.4, -0.2) is 29.8 Å². The molecule has 0 fully saturated rings. The normalized spacial score (nSPS) is 12.6. The predicted molar refractivity (Wildman–Crippen MR) is 144 cm³/mol. The molecule has 4 aromatic rings. The van der Waals surface area contributed by atoms with Gasteiger partial charge in [-0.15, -0.1) is 11.3 Å². The minimum absolute atomic E-state index is 0.166. The number of hydrogen-bond donors (Lipinski definition) is 1. The van der Waals surface area contributed by atoms with E-state index in [1.54, 1.807) is 12.1 Å². The standard InChI is InChI=1S/C29H26N2O5S/c32-25(20-8-5-9-21(17-20)31(34)35)18-30-29(33)22-10-2-1-7-19(22)15-16-36-26-13-6-12-24-23-11-3-4-14-27(23)37-28(24)26/h1-2,5-10,12-13,17H,3-4,11,14-16,18H2,(H,30,33). The maximum absolute atomic E-state index is 12.9. The highest BCUT2D eigenvalue weighted by molar-refractivity contribution is 7.19. The molecule has 5 rings (SSSR count). The van der Waals surface area contributed by atoms with E-state index in [9.17, 15) is 19.7 Å². The number of ether oxygens (including phenoxy) is 1. The first-order valence-electron chi connectivity index (χ1n) is 12.3. The summed E-state index contributed by atoms with van der Waals surface area (Å²) in [5, 5.41) is 14.9. The van der Waals surface area contributed by atoms with Crippen molar-refractivity contribution in [2.75, 3.05) is 13.2 Å². The second kappa shape index (κ2) is 10.9. The number of thiophene rings is 1. The fraction of sp³-hybridized carbons (Fsp3) is 0.241. The van der Waals surface area contributed by atoms with Crippen molar-refractivity contribution < 1.29 is 19.2 Å². The van der Waals surface area contributed by atoms with Gasteiger partial charge >= 0.3 is 0 Å². The number of rotatable bonds is 9. The molecule has 0 radical (unpaired) electrons. The van der Waals surface area contributed by atoms with Crippen LogP contribution in [0.5, 0.6) is 5.75 Å². The molecule has 1 aromatic heterocycles. The van der Waals surface area contributed by atoms with Crippen LogP contribution in [-0.2, 0) is 19.3 Å². The number of aryl methyl sites for hydroxylation is 2. The van der Waals surface area contributed by atoms with Crippen LogP contribution in [0.25, 0.3) is 10.1 Å². The molecule has 1 heterocycles. The van der Waals surface area contributed by atoms with Gasteiger partial charge in [-0.3, -0.25) is 19.7 Å². The molecule has 1 aliphatic carbocycles. The Morgan fingerprint density at radius 2 is 1.81 bits per heavy atom. The highest BCUT2D eigenvalue weighted by Gasteiger charge is 2.19. The Kier molecular flexibility index (Phi) is 7.28. The van der Waals surface area contributed by atoms with Gasteiger partial charge in [-0.25, -0.2) is 0 Å². The van der Waals surface area contributed by atoms with Gasteiger partial charge in [-0.05, 0) is 54.3 Å². The van der Waals surface area contributed by atoms with Crippen molar-refractivity contribution in [2.45, 2.75) is 32.1 Å². The highest BCUT2D eigenvalue weighted by Crippen LogP contribution is 2.40. The zero-order chi connectivity index (χ0) is 25.8. The lowest BCUT2D eigenvalue weighted by atomic mass is 9.96. The molecule has 0 unspecified atom stereocenters. The molecular formula is C29H26N2O5S. The van der Waals surface area contributed by atoms with Gasteiger partial charge in [0.05, 0.1) is 22.8 Å². The molecular weight excluding hydrogens is 488 g/mol. The maximum Gasteiger partial charge on any atom is 0.270 e. The van der Waals surface area contributed by atoms with Gasteiger partial charge in [-0.2, -0.15) is 0 Å². The zero-order valence-corrected chi connectivity index (χ0v) is 21.0. The summed E-state index contributed by atoms with van der Waals surface area (Å²) < 4.78 is 7.39. The van der Waals surface area contributed by atoms with Crippen molar-refractivity contribution in [2.24, 2.45) is 0 Å². The largest absolute Gasteiger partial charge is 0.492 e. The summed E-state index contributed by atoms with van der Waals surface area (Å²) in [6, 6.07) is 18.9. The van der Waals surface area contributed by atoms with Crippen LogP contribution < -0.4 is 10.1 Å². The molecule has 3 aromatic carbocycles. The zero-order valence-electron chi connectivity index (χ0n) is 20.2. The second-order valence-corrected chi connectivity index (χ2v) is 10.1. The number of nitrogens with zero attached hydrogens (tertiary/aromatic N) is 1. The molecule has 0 saturated carbocycles. The van der Waals surface area contributed by atoms with Crippen molar-refractivity contribution in [3.05, 3.63) is 104 Å². The Labute approximate surface area is 218 Å². The molecule has 7 nitrogen and oxygen atoms in total. The molecule has 1 amide bonds. The third-order valence-electron chi connectivity index (χ3n) is 6.63. The SMILES string of the molecule is O=C(CNC(=O)c1ccccc1CCOc1cccc2c3c(sc12)CCCC3)c1cccc([N+](=O)[O-])c1. The Balaban J connectivity index is 1.23. The Morgan fingerprint density at radius 3 is 2.68 bits per heavy atom. The number of ketones is 1. The predicted octanol–water partition coefficient (Wildman–Crippen LogP) is 5.92. The number of hydrogen-bond acceptors (Lipinski definition) is 6. The topological polar surface area (TPSA) is 98.5 Å². The smallest absolute Gasteiger partial charge is 0.270 e. The summed E-state index contributed by atoms with van der Waals surface area (Å²) in [4.78, 5) is 37.3. The molecule has 1 aliphatic rings. The number of nitro benzene ring substituents is 1. The molecule has 8 heteroatoms. The van der Waals surface area contributed by atoms with Crippen LogP contribution in [0.2, 0.25) is 0 Å². The fourth-order valence-electron chi connectivity index (χ4n) is 4.75. The summed E-state index contributed by atoms with van der Waals surface area (Å²) in [7, 11) is 0. The van der Waals surface area contributed by atoms with Gasteiger partial charge in [0.25, 0.3) is 11.6 Å². The molecule has 188 valence electrons. The van der Waals surface area contributed by atoms with E-state index in [0.717, 1.165) is 24.2 Å². The average Bonchev–Trinajstić information content (AvgIpc) is 3.31. The van der Waals surface area contributed by atoms with E-state index in [-0.39, 0.29) is 23.7 Å². The van der Waals surface area contributed by atoms with Gasteiger partial charge in [0.2, 0.25) is 0 Å². The minimum atomic E-state index is -0.555. The minimum Gasteiger partial charge on any atom is -0.492 e. The van der Waals surface area contributed by atoms with Crippen LogP contribution >= 0.6 is 11.3 Å². The summed E-state index contributed by atoms with van der Waals surface area (Å²) in [5.74, 6) is 0.105.